The highest BCUT2D eigenvalue weighted by Crippen LogP contribution is 2.35. The van der Waals surface area contributed by atoms with E-state index < -0.39 is 0 Å². The minimum absolute atomic E-state index is 0.252. The summed E-state index contributed by atoms with van der Waals surface area (Å²) >= 11 is 0. The molecule has 0 atom stereocenters. The number of hydrogen-bond donors (Lipinski definition) is 1. The molecule has 3 nitrogen and oxygen atoms in total. The van der Waals surface area contributed by atoms with E-state index in [-0.39, 0.29) is 5.75 Å². The van der Waals surface area contributed by atoms with Crippen LogP contribution in [0.1, 0.15) is 24.3 Å². The summed E-state index contributed by atoms with van der Waals surface area (Å²) in [4.78, 5) is 0. The van der Waals surface area contributed by atoms with Crippen LogP contribution in [-0.2, 0) is 4.74 Å². The maximum absolute atomic E-state index is 9.36. The summed E-state index contributed by atoms with van der Waals surface area (Å²) in [6.07, 6.45) is 2.06. The molecule has 0 aliphatic carbocycles. The lowest BCUT2D eigenvalue weighted by Gasteiger charge is -2.24. The largest absolute Gasteiger partial charge is 0.508 e. The second kappa shape index (κ2) is 4.53. The van der Waals surface area contributed by atoms with E-state index in [1.807, 2.05) is 6.07 Å². The quantitative estimate of drug-likeness (QED) is 0.810. The highest BCUT2D eigenvalue weighted by molar-refractivity contribution is 5.42. The normalized spacial score (nSPS) is 17.7. The first-order valence-electron chi connectivity index (χ1n) is 5.26. The van der Waals surface area contributed by atoms with Crippen molar-refractivity contribution in [3.8, 4) is 11.5 Å². The molecule has 0 spiro atoms. The van der Waals surface area contributed by atoms with Gasteiger partial charge >= 0.3 is 0 Å². The van der Waals surface area contributed by atoms with Gasteiger partial charge in [0.15, 0.2) is 0 Å². The molecular formula is C12H16O3. The average Bonchev–Trinajstić information content (AvgIpc) is 2.30. The maximum Gasteiger partial charge on any atom is 0.126 e. The molecule has 1 heterocycles. The molecule has 0 radical (unpaired) electrons. The van der Waals surface area contributed by atoms with E-state index in [4.69, 9.17) is 9.47 Å². The van der Waals surface area contributed by atoms with Gasteiger partial charge in [-0.1, -0.05) is 6.07 Å². The van der Waals surface area contributed by atoms with Crippen molar-refractivity contribution in [3.63, 3.8) is 0 Å². The van der Waals surface area contributed by atoms with E-state index in [0.29, 0.717) is 5.92 Å². The molecule has 1 aliphatic heterocycles. The number of phenols is 1. The summed E-state index contributed by atoms with van der Waals surface area (Å²) in [7, 11) is 1.64. The zero-order chi connectivity index (χ0) is 10.7. The third kappa shape index (κ3) is 2.23. The van der Waals surface area contributed by atoms with Gasteiger partial charge < -0.3 is 14.6 Å². The molecule has 3 heteroatoms. The first-order chi connectivity index (χ1) is 7.31. The van der Waals surface area contributed by atoms with Crippen molar-refractivity contribution in [2.75, 3.05) is 20.3 Å². The second-order valence-corrected chi connectivity index (χ2v) is 3.81. The van der Waals surface area contributed by atoms with Crippen LogP contribution in [0.15, 0.2) is 18.2 Å². The molecule has 2 rings (SSSR count). The Labute approximate surface area is 89.6 Å². The molecular weight excluding hydrogens is 192 g/mol. The van der Waals surface area contributed by atoms with Crippen molar-refractivity contribution in [1.82, 2.24) is 0 Å². The van der Waals surface area contributed by atoms with Crippen molar-refractivity contribution in [2.24, 2.45) is 0 Å². The van der Waals surface area contributed by atoms with Gasteiger partial charge in [-0.15, -0.1) is 0 Å². The predicted octanol–water partition coefficient (Wildman–Crippen LogP) is 2.29. The molecule has 0 unspecified atom stereocenters. The highest BCUT2D eigenvalue weighted by atomic mass is 16.5. The summed E-state index contributed by atoms with van der Waals surface area (Å²) < 4.78 is 10.6. The van der Waals surface area contributed by atoms with Crippen LogP contribution < -0.4 is 4.74 Å². The monoisotopic (exact) mass is 208 g/mol. The fourth-order valence-corrected chi connectivity index (χ4v) is 2.05. The number of hydrogen-bond acceptors (Lipinski definition) is 3. The van der Waals surface area contributed by atoms with Crippen molar-refractivity contribution >= 4 is 0 Å². The van der Waals surface area contributed by atoms with Crippen LogP contribution in [0.5, 0.6) is 11.5 Å². The Bertz CT molecular complexity index is 330. The Morgan fingerprint density at radius 3 is 2.73 bits per heavy atom. The molecule has 0 aromatic heterocycles. The van der Waals surface area contributed by atoms with Gasteiger partial charge in [-0.05, 0) is 30.4 Å². The second-order valence-electron chi connectivity index (χ2n) is 3.81. The Kier molecular flexibility index (Phi) is 3.11. The summed E-state index contributed by atoms with van der Waals surface area (Å²) in [5, 5.41) is 9.36. The van der Waals surface area contributed by atoms with Gasteiger partial charge in [0.25, 0.3) is 0 Å². The number of phenolic OH excluding ortho intramolecular Hbond substituents is 1. The van der Waals surface area contributed by atoms with Gasteiger partial charge in [-0.3, -0.25) is 0 Å². The van der Waals surface area contributed by atoms with E-state index in [2.05, 4.69) is 0 Å². The topological polar surface area (TPSA) is 38.7 Å². The Morgan fingerprint density at radius 1 is 1.33 bits per heavy atom. The summed E-state index contributed by atoms with van der Waals surface area (Å²) in [6.45, 7) is 1.63. The molecule has 15 heavy (non-hydrogen) atoms. The van der Waals surface area contributed by atoms with E-state index >= 15 is 0 Å². The average molecular weight is 208 g/mol. The molecule has 82 valence electrons. The highest BCUT2D eigenvalue weighted by Gasteiger charge is 2.19. The van der Waals surface area contributed by atoms with Crippen molar-refractivity contribution in [3.05, 3.63) is 23.8 Å². The fourth-order valence-electron chi connectivity index (χ4n) is 2.05. The number of methoxy groups -OCH3 is 1. The van der Waals surface area contributed by atoms with Crippen molar-refractivity contribution in [2.45, 2.75) is 18.8 Å². The first-order valence-corrected chi connectivity index (χ1v) is 5.26. The first kappa shape index (κ1) is 10.3. The smallest absolute Gasteiger partial charge is 0.126 e. The zero-order valence-electron chi connectivity index (χ0n) is 8.90. The van der Waals surface area contributed by atoms with Gasteiger partial charge in [0.2, 0.25) is 0 Å². The third-order valence-corrected chi connectivity index (χ3v) is 2.88. The van der Waals surface area contributed by atoms with Crippen LogP contribution in [0.2, 0.25) is 0 Å². The standard InChI is InChI=1S/C12H16O3/c1-14-12-8-10(13)2-3-11(12)9-4-6-15-7-5-9/h2-3,8-9,13H,4-7H2,1H3. The number of ether oxygens (including phenoxy) is 2. The maximum atomic E-state index is 9.36. The van der Waals surface area contributed by atoms with Gasteiger partial charge in [-0.2, -0.15) is 0 Å². The number of rotatable bonds is 2. The summed E-state index contributed by atoms with van der Waals surface area (Å²) in [5.41, 5.74) is 1.18. The minimum atomic E-state index is 0.252. The molecule has 0 amide bonds. The van der Waals surface area contributed by atoms with Crippen LogP contribution in [0, 0.1) is 0 Å². The van der Waals surface area contributed by atoms with Gasteiger partial charge in [0.05, 0.1) is 7.11 Å². The molecule has 1 aromatic carbocycles. The van der Waals surface area contributed by atoms with E-state index in [0.717, 1.165) is 31.8 Å². The number of benzene rings is 1. The summed E-state index contributed by atoms with van der Waals surface area (Å²) in [6, 6.07) is 5.34. The van der Waals surface area contributed by atoms with Gasteiger partial charge in [0, 0.05) is 19.3 Å². The number of aromatic hydroxyl groups is 1. The lowest BCUT2D eigenvalue weighted by Crippen LogP contribution is -2.14. The Hall–Kier alpha value is -1.22. The van der Waals surface area contributed by atoms with Crippen LogP contribution in [-0.4, -0.2) is 25.4 Å². The Morgan fingerprint density at radius 2 is 2.07 bits per heavy atom. The van der Waals surface area contributed by atoms with Crippen molar-refractivity contribution in [1.29, 1.82) is 0 Å². The molecule has 1 saturated heterocycles. The predicted molar refractivity (Wildman–Crippen MR) is 57.5 cm³/mol. The Balaban J connectivity index is 2.25. The van der Waals surface area contributed by atoms with Crippen LogP contribution in [0.4, 0.5) is 0 Å². The summed E-state index contributed by atoms with van der Waals surface area (Å²) in [5.74, 6) is 1.53. The molecule has 1 aromatic rings. The molecule has 1 N–H and O–H groups in total. The third-order valence-electron chi connectivity index (χ3n) is 2.88. The fraction of sp³-hybridized carbons (Fsp3) is 0.500. The van der Waals surface area contributed by atoms with Crippen LogP contribution >= 0.6 is 0 Å². The van der Waals surface area contributed by atoms with Crippen LogP contribution in [0.3, 0.4) is 0 Å². The lowest BCUT2D eigenvalue weighted by molar-refractivity contribution is 0.0848. The van der Waals surface area contributed by atoms with E-state index in [9.17, 15) is 5.11 Å². The van der Waals surface area contributed by atoms with Crippen LogP contribution in [0.25, 0.3) is 0 Å². The molecule has 0 saturated carbocycles. The van der Waals surface area contributed by atoms with Gasteiger partial charge in [0.1, 0.15) is 11.5 Å². The minimum Gasteiger partial charge on any atom is -0.508 e. The van der Waals surface area contributed by atoms with Gasteiger partial charge in [-0.25, -0.2) is 0 Å². The molecule has 1 aliphatic rings. The lowest BCUT2D eigenvalue weighted by atomic mass is 9.91. The zero-order valence-corrected chi connectivity index (χ0v) is 8.90. The molecule has 1 fully saturated rings. The molecule has 0 bridgehead atoms. The van der Waals surface area contributed by atoms with Crippen molar-refractivity contribution < 1.29 is 14.6 Å². The van der Waals surface area contributed by atoms with E-state index in [1.165, 1.54) is 5.56 Å². The van der Waals surface area contributed by atoms with E-state index in [1.54, 1.807) is 19.2 Å². The SMILES string of the molecule is COc1cc(O)ccc1C1CCOCC1.